The average molecular weight is 464 g/mol. The lowest BCUT2D eigenvalue weighted by Gasteiger charge is -2.19. The molecule has 0 amide bonds. The minimum absolute atomic E-state index is 0.0595. The van der Waals surface area contributed by atoms with Crippen LogP contribution in [0.15, 0.2) is 60.8 Å². The number of nitro groups is 1. The molecule has 0 saturated carbocycles. The summed E-state index contributed by atoms with van der Waals surface area (Å²) >= 11 is 6.22. The summed E-state index contributed by atoms with van der Waals surface area (Å²) in [6.07, 6.45) is -3.56. The van der Waals surface area contributed by atoms with Crippen molar-refractivity contribution >= 4 is 23.0 Å². The van der Waals surface area contributed by atoms with Crippen LogP contribution >= 0.6 is 11.6 Å². The number of hydrogen-bond acceptors (Lipinski definition) is 5. The fourth-order valence-electron chi connectivity index (χ4n) is 3.63. The Morgan fingerprint density at radius 2 is 1.94 bits per heavy atom. The van der Waals surface area contributed by atoms with Crippen molar-refractivity contribution in [1.29, 1.82) is 0 Å². The van der Waals surface area contributed by atoms with Crippen LogP contribution in [0.2, 0.25) is 5.02 Å². The van der Waals surface area contributed by atoms with Gasteiger partial charge in [0.1, 0.15) is 11.8 Å². The molecule has 1 atom stereocenters. The van der Waals surface area contributed by atoms with Crippen molar-refractivity contribution in [3.8, 4) is 17.0 Å². The van der Waals surface area contributed by atoms with Gasteiger partial charge in [0.2, 0.25) is 5.88 Å². The summed E-state index contributed by atoms with van der Waals surface area (Å²) in [5, 5.41) is 12.2. The van der Waals surface area contributed by atoms with Crippen LogP contribution in [0.1, 0.15) is 12.0 Å². The highest BCUT2D eigenvalue weighted by Gasteiger charge is 2.32. The van der Waals surface area contributed by atoms with Crippen LogP contribution in [0.4, 0.5) is 24.5 Å². The third kappa shape index (κ3) is 4.62. The van der Waals surface area contributed by atoms with Gasteiger partial charge in [-0.2, -0.15) is 13.2 Å². The molecule has 0 N–H and O–H groups in total. The monoisotopic (exact) mass is 463 g/mol. The number of aromatic nitrogens is 1. The van der Waals surface area contributed by atoms with E-state index in [0.29, 0.717) is 41.3 Å². The van der Waals surface area contributed by atoms with Crippen LogP contribution in [0, 0.1) is 10.1 Å². The van der Waals surface area contributed by atoms with Gasteiger partial charge >= 0.3 is 6.18 Å². The minimum Gasteiger partial charge on any atom is -0.472 e. The lowest BCUT2D eigenvalue weighted by molar-refractivity contribution is -0.384. The number of halogens is 4. The topological polar surface area (TPSA) is 68.5 Å². The summed E-state index contributed by atoms with van der Waals surface area (Å²) < 4.78 is 43.7. The van der Waals surface area contributed by atoms with Gasteiger partial charge in [0.05, 0.1) is 17.0 Å². The van der Waals surface area contributed by atoms with E-state index in [-0.39, 0.29) is 17.7 Å². The molecule has 0 aliphatic carbocycles. The number of nitrogens with zero attached hydrogens (tertiary/aromatic N) is 3. The Labute approximate surface area is 186 Å². The highest BCUT2D eigenvalue weighted by Crippen LogP contribution is 2.37. The first-order valence-electron chi connectivity index (χ1n) is 9.70. The van der Waals surface area contributed by atoms with Gasteiger partial charge < -0.3 is 9.64 Å². The molecule has 0 radical (unpaired) electrons. The van der Waals surface area contributed by atoms with Crippen molar-refractivity contribution in [2.45, 2.75) is 18.7 Å². The first-order valence-corrected chi connectivity index (χ1v) is 10.1. The predicted molar refractivity (Wildman–Crippen MR) is 114 cm³/mol. The van der Waals surface area contributed by atoms with E-state index in [1.165, 1.54) is 12.1 Å². The van der Waals surface area contributed by atoms with Gasteiger partial charge in [-0.1, -0.05) is 35.9 Å². The maximum atomic E-state index is 12.7. The zero-order valence-corrected chi connectivity index (χ0v) is 17.3. The van der Waals surface area contributed by atoms with Crippen LogP contribution in [0.3, 0.4) is 0 Å². The predicted octanol–water partition coefficient (Wildman–Crippen LogP) is 5.99. The SMILES string of the molecule is O=[N+]([O-])c1cc(-c2ccccc2Cl)ccc1N1CCC(Oc2ccc(C(F)(F)F)cn2)C1. The standard InChI is InChI=1S/C22H17ClF3N3O3/c23-18-4-2-1-3-17(18)14-5-7-19(20(11-14)29(30)31)28-10-9-16(13-28)32-21-8-6-15(12-27-21)22(24,25)26/h1-8,11-12,16H,9-10,13H2. The highest BCUT2D eigenvalue weighted by molar-refractivity contribution is 6.33. The number of nitro benzene ring substituents is 1. The molecular formula is C22H17ClF3N3O3. The van der Waals surface area contributed by atoms with Crippen molar-refractivity contribution in [3.63, 3.8) is 0 Å². The molecule has 0 spiro atoms. The molecule has 32 heavy (non-hydrogen) atoms. The first kappa shape index (κ1) is 21.9. The molecular weight excluding hydrogens is 447 g/mol. The quantitative estimate of drug-likeness (QED) is 0.343. The zero-order chi connectivity index (χ0) is 22.9. The summed E-state index contributed by atoms with van der Waals surface area (Å²) in [6.45, 7) is 0.840. The molecule has 2 aromatic carbocycles. The number of hydrogen-bond donors (Lipinski definition) is 0. The fourth-order valence-corrected chi connectivity index (χ4v) is 3.88. The molecule has 1 fully saturated rings. The number of benzene rings is 2. The molecule has 10 heteroatoms. The van der Waals surface area contributed by atoms with Crippen molar-refractivity contribution < 1.29 is 22.8 Å². The third-order valence-corrected chi connectivity index (χ3v) is 5.52. The molecule has 3 aromatic rings. The lowest BCUT2D eigenvalue weighted by Crippen LogP contribution is -2.25. The Hall–Kier alpha value is -3.33. The Kier molecular flexibility index (Phi) is 5.92. The third-order valence-electron chi connectivity index (χ3n) is 5.19. The number of alkyl halides is 3. The van der Waals surface area contributed by atoms with E-state index in [2.05, 4.69) is 4.98 Å². The van der Waals surface area contributed by atoms with Gasteiger partial charge in [-0.05, 0) is 23.8 Å². The molecule has 0 bridgehead atoms. The van der Waals surface area contributed by atoms with Gasteiger partial charge in [-0.15, -0.1) is 0 Å². The fraction of sp³-hybridized carbons (Fsp3) is 0.227. The van der Waals surface area contributed by atoms with E-state index >= 15 is 0 Å². The Bertz CT molecular complexity index is 1140. The van der Waals surface area contributed by atoms with Crippen LogP contribution in [0.5, 0.6) is 5.88 Å². The number of anilines is 1. The second kappa shape index (κ2) is 8.66. The Balaban J connectivity index is 1.51. The van der Waals surface area contributed by atoms with Crippen molar-refractivity contribution in [3.05, 3.63) is 81.5 Å². The molecule has 1 aliphatic rings. The molecule has 1 aromatic heterocycles. The normalized spacial score (nSPS) is 16.2. The molecule has 6 nitrogen and oxygen atoms in total. The van der Waals surface area contributed by atoms with Crippen LogP contribution in [-0.4, -0.2) is 29.1 Å². The van der Waals surface area contributed by atoms with Crippen molar-refractivity contribution in [2.75, 3.05) is 18.0 Å². The van der Waals surface area contributed by atoms with E-state index in [4.69, 9.17) is 16.3 Å². The number of ether oxygens (including phenoxy) is 1. The Morgan fingerprint density at radius 1 is 1.16 bits per heavy atom. The maximum Gasteiger partial charge on any atom is 0.417 e. The molecule has 2 heterocycles. The molecule has 4 rings (SSSR count). The zero-order valence-electron chi connectivity index (χ0n) is 16.6. The van der Waals surface area contributed by atoms with Gasteiger partial charge in [0.25, 0.3) is 5.69 Å². The van der Waals surface area contributed by atoms with Gasteiger partial charge in [0, 0.05) is 41.9 Å². The summed E-state index contributed by atoms with van der Waals surface area (Å²) in [4.78, 5) is 16.8. The van der Waals surface area contributed by atoms with Crippen LogP contribution in [-0.2, 0) is 6.18 Å². The van der Waals surface area contributed by atoms with Crippen molar-refractivity contribution in [1.82, 2.24) is 4.98 Å². The molecule has 1 saturated heterocycles. The van der Waals surface area contributed by atoms with E-state index in [9.17, 15) is 23.3 Å². The van der Waals surface area contributed by atoms with E-state index < -0.39 is 16.7 Å². The minimum atomic E-state index is -4.47. The second-order valence-corrected chi connectivity index (χ2v) is 7.71. The number of pyridine rings is 1. The summed E-state index contributed by atoms with van der Waals surface area (Å²) in [5.41, 5.74) is 0.854. The Morgan fingerprint density at radius 3 is 2.59 bits per heavy atom. The van der Waals surface area contributed by atoms with Crippen LogP contribution < -0.4 is 9.64 Å². The smallest absolute Gasteiger partial charge is 0.417 e. The summed E-state index contributed by atoms with van der Waals surface area (Å²) in [7, 11) is 0. The molecule has 1 unspecified atom stereocenters. The highest BCUT2D eigenvalue weighted by atomic mass is 35.5. The van der Waals surface area contributed by atoms with Crippen LogP contribution in [0.25, 0.3) is 11.1 Å². The largest absolute Gasteiger partial charge is 0.472 e. The van der Waals surface area contributed by atoms with Crippen molar-refractivity contribution in [2.24, 2.45) is 0 Å². The maximum absolute atomic E-state index is 12.7. The lowest BCUT2D eigenvalue weighted by atomic mass is 10.0. The average Bonchev–Trinajstić information content (AvgIpc) is 3.21. The summed E-state index contributed by atoms with van der Waals surface area (Å²) in [5.74, 6) is 0.0772. The number of rotatable bonds is 5. The summed E-state index contributed by atoms with van der Waals surface area (Å²) in [6, 6.07) is 14.1. The second-order valence-electron chi connectivity index (χ2n) is 7.30. The van der Waals surface area contributed by atoms with E-state index in [1.807, 2.05) is 4.90 Å². The van der Waals surface area contributed by atoms with Gasteiger partial charge in [-0.3, -0.25) is 10.1 Å². The van der Waals surface area contributed by atoms with E-state index in [0.717, 1.165) is 12.3 Å². The van der Waals surface area contributed by atoms with E-state index in [1.54, 1.807) is 36.4 Å². The molecule has 1 aliphatic heterocycles. The molecule has 166 valence electrons. The first-order chi connectivity index (χ1) is 15.2. The van der Waals surface area contributed by atoms with Gasteiger partial charge in [0.15, 0.2) is 0 Å². The van der Waals surface area contributed by atoms with Gasteiger partial charge in [-0.25, -0.2) is 4.98 Å².